The average molecular weight is 286 g/mol. The molecule has 0 aromatic carbocycles. The lowest BCUT2D eigenvalue weighted by atomic mass is 10.5. The van der Waals surface area contributed by atoms with Gasteiger partial charge in [0, 0.05) is 4.91 Å². The number of halogens is 1. The van der Waals surface area contributed by atoms with Gasteiger partial charge in [-0.05, 0) is 33.6 Å². The van der Waals surface area contributed by atoms with Crippen molar-refractivity contribution in [1.29, 1.82) is 0 Å². The van der Waals surface area contributed by atoms with Crippen LogP contribution in [0.4, 0.5) is 0 Å². The van der Waals surface area contributed by atoms with Crippen LogP contribution in [0, 0.1) is 0 Å². The SMILES string of the molecule is [N-]=[N+]=NCc1nnc(-c2ccc(Br)s2)o1. The maximum atomic E-state index is 8.12. The van der Waals surface area contributed by atoms with Gasteiger partial charge in [-0.15, -0.1) is 21.5 Å². The van der Waals surface area contributed by atoms with Crippen LogP contribution in [0.15, 0.2) is 25.5 Å². The summed E-state index contributed by atoms with van der Waals surface area (Å²) in [6.07, 6.45) is 0. The van der Waals surface area contributed by atoms with E-state index in [2.05, 4.69) is 36.2 Å². The Balaban J connectivity index is 2.23. The van der Waals surface area contributed by atoms with Gasteiger partial charge < -0.3 is 4.42 Å². The number of thiophene rings is 1. The van der Waals surface area contributed by atoms with Crippen molar-refractivity contribution in [3.63, 3.8) is 0 Å². The fourth-order valence-electron chi connectivity index (χ4n) is 0.938. The number of rotatable bonds is 3. The first-order valence-corrected chi connectivity index (χ1v) is 5.49. The summed E-state index contributed by atoms with van der Waals surface area (Å²) in [5.74, 6) is 0.751. The zero-order valence-electron chi connectivity index (χ0n) is 7.29. The third-order valence-electron chi connectivity index (χ3n) is 1.52. The molecular formula is C7H4BrN5OS. The van der Waals surface area contributed by atoms with Crippen LogP contribution >= 0.6 is 27.3 Å². The summed E-state index contributed by atoms with van der Waals surface area (Å²) in [5.41, 5.74) is 8.12. The number of aromatic nitrogens is 2. The first kappa shape index (κ1) is 10.2. The van der Waals surface area contributed by atoms with Crippen molar-refractivity contribution in [3.05, 3.63) is 32.3 Å². The molecule has 2 aromatic heterocycles. The van der Waals surface area contributed by atoms with E-state index < -0.39 is 0 Å². The maximum Gasteiger partial charge on any atom is 0.257 e. The van der Waals surface area contributed by atoms with E-state index in [1.165, 1.54) is 11.3 Å². The van der Waals surface area contributed by atoms with Gasteiger partial charge in [0.05, 0.1) is 8.66 Å². The van der Waals surface area contributed by atoms with E-state index in [0.29, 0.717) is 11.8 Å². The molecule has 2 rings (SSSR count). The highest BCUT2D eigenvalue weighted by Gasteiger charge is 2.09. The van der Waals surface area contributed by atoms with E-state index in [1.807, 2.05) is 12.1 Å². The molecule has 0 fully saturated rings. The van der Waals surface area contributed by atoms with E-state index in [-0.39, 0.29) is 6.54 Å². The van der Waals surface area contributed by atoms with Crippen molar-refractivity contribution in [2.45, 2.75) is 6.54 Å². The minimum atomic E-state index is 0.0794. The molecule has 0 radical (unpaired) electrons. The average Bonchev–Trinajstić information content (AvgIpc) is 2.83. The van der Waals surface area contributed by atoms with Crippen LogP contribution < -0.4 is 0 Å². The van der Waals surface area contributed by atoms with Crippen LogP contribution in [0.5, 0.6) is 0 Å². The van der Waals surface area contributed by atoms with Gasteiger partial charge in [0.15, 0.2) is 0 Å². The van der Waals surface area contributed by atoms with Crippen molar-refractivity contribution in [2.24, 2.45) is 5.11 Å². The fourth-order valence-corrected chi connectivity index (χ4v) is 2.25. The molecule has 76 valence electrons. The molecule has 0 saturated heterocycles. The zero-order valence-corrected chi connectivity index (χ0v) is 9.69. The molecule has 0 aliphatic carbocycles. The molecule has 0 aliphatic rings. The first-order valence-electron chi connectivity index (χ1n) is 3.88. The highest BCUT2D eigenvalue weighted by Crippen LogP contribution is 2.30. The molecule has 0 N–H and O–H groups in total. The monoisotopic (exact) mass is 285 g/mol. The predicted molar refractivity (Wildman–Crippen MR) is 58.2 cm³/mol. The van der Waals surface area contributed by atoms with Crippen LogP contribution in [0.25, 0.3) is 21.2 Å². The predicted octanol–water partition coefficient (Wildman–Crippen LogP) is 3.37. The summed E-state index contributed by atoms with van der Waals surface area (Å²) >= 11 is 4.84. The fraction of sp³-hybridized carbons (Fsp3) is 0.143. The minimum absolute atomic E-state index is 0.0794. The third kappa shape index (κ3) is 2.35. The molecule has 0 unspecified atom stereocenters. The summed E-state index contributed by atoms with van der Waals surface area (Å²) in [6, 6.07) is 3.77. The Hall–Kier alpha value is -1.37. The Labute approximate surface area is 96.7 Å². The van der Waals surface area contributed by atoms with Gasteiger partial charge in [0.2, 0.25) is 5.89 Å². The van der Waals surface area contributed by atoms with Crippen LogP contribution in [0.1, 0.15) is 5.89 Å². The molecule has 15 heavy (non-hydrogen) atoms. The van der Waals surface area contributed by atoms with E-state index in [9.17, 15) is 0 Å². The smallest absolute Gasteiger partial charge is 0.257 e. The van der Waals surface area contributed by atoms with Crippen LogP contribution in [-0.2, 0) is 6.54 Å². The van der Waals surface area contributed by atoms with E-state index in [0.717, 1.165) is 8.66 Å². The Bertz CT molecular complexity index is 515. The third-order valence-corrected chi connectivity index (χ3v) is 3.13. The number of azide groups is 1. The molecule has 0 amide bonds. The molecule has 0 spiro atoms. The lowest BCUT2D eigenvalue weighted by molar-refractivity contribution is 0.509. The molecule has 0 bridgehead atoms. The summed E-state index contributed by atoms with van der Waals surface area (Å²) in [7, 11) is 0. The normalized spacial score (nSPS) is 9.93. The Morgan fingerprint density at radius 1 is 1.53 bits per heavy atom. The van der Waals surface area contributed by atoms with Gasteiger partial charge in [0.25, 0.3) is 5.89 Å². The molecular weight excluding hydrogens is 282 g/mol. The number of hydrogen-bond acceptors (Lipinski definition) is 5. The van der Waals surface area contributed by atoms with Crippen molar-refractivity contribution >= 4 is 27.3 Å². The Kier molecular flexibility index (Phi) is 3.00. The van der Waals surface area contributed by atoms with E-state index in [4.69, 9.17) is 9.95 Å². The second-order valence-corrected chi connectivity index (χ2v) is 4.96. The molecule has 0 saturated carbocycles. The van der Waals surface area contributed by atoms with E-state index in [1.54, 1.807) is 0 Å². The minimum Gasteiger partial charge on any atom is -0.420 e. The van der Waals surface area contributed by atoms with Crippen molar-refractivity contribution < 1.29 is 4.42 Å². The summed E-state index contributed by atoms with van der Waals surface area (Å²) < 4.78 is 6.28. The molecule has 6 nitrogen and oxygen atoms in total. The first-order chi connectivity index (χ1) is 7.29. The van der Waals surface area contributed by atoms with Gasteiger partial charge in [0.1, 0.15) is 6.54 Å². The van der Waals surface area contributed by atoms with Crippen LogP contribution in [0.2, 0.25) is 0 Å². The van der Waals surface area contributed by atoms with Crippen LogP contribution in [-0.4, -0.2) is 10.2 Å². The highest BCUT2D eigenvalue weighted by atomic mass is 79.9. The van der Waals surface area contributed by atoms with Gasteiger partial charge in [-0.2, -0.15) is 0 Å². The summed E-state index contributed by atoms with van der Waals surface area (Å²) in [5, 5.41) is 10.9. The molecule has 8 heteroatoms. The van der Waals surface area contributed by atoms with Gasteiger partial charge in [-0.1, -0.05) is 5.11 Å². The van der Waals surface area contributed by atoms with Gasteiger partial charge in [-0.25, -0.2) is 0 Å². The maximum absolute atomic E-state index is 8.12. The molecule has 2 heterocycles. The molecule has 2 aromatic rings. The van der Waals surface area contributed by atoms with Crippen LogP contribution in [0.3, 0.4) is 0 Å². The molecule has 0 aliphatic heterocycles. The quantitative estimate of drug-likeness (QED) is 0.492. The largest absolute Gasteiger partial charge is 0.420 e. The van der Waals surface area contributed by atoms with Gasteiger partial charge in [-0.3, -0.25) is 0 Å². The topological polar surface area (TPSA) is 87.7 Å². The summed E-state index contributed by atoms with van der Waals surface area (Å²) in [6.45, 7) is 0.0794. The number of hydrogen-bond donors (Lipinski definition) is 0. The van der Waals surface area contributed by atoms with Gasteiger partial charge >= 0.3 is 0 Å². The second-order valence-electron chi connectivity index (χ2n) is 2.49. The Morgan fingerprint density at radius 2 is 2.40 bits per heavy atom. The zero-order chi connectivity index (χ0) is 10.7. The number of nitrogens with zero attached hydrogens (tertiary/aromatic N) is 5. The lowest BCUT2D eigenvalue weighted by Crippen LogP contribution is -1.77. The van der Waals surface area contributed by atoms with E-state index >= 15 is 0 Å². The van der Waals surface area contributed by atoms with Crippen molar-refractivity contribution in [1.82, 2.24) is 10.2 Å². The van der Waals surface area contributed by atoms with Crippen molar-refractivity contribution in [3.8, 4) is 10.8 Å². The lowest BCUT2D eigenvalue weighted by Gasteiger charge is -1.85. The molecule has 0 atom stereocenters. The van der Waals surface area contributed by atoms with Crippen molar-refractivity contribution in [2.75, 3.05) is 0 Å². The summed E-state index contributed by atoms with van der Waals surface area (Å²) in [4.78, 5) is 3.49. The second kappa shape index (κ2) is 4.43. The Morgan fingerprint density at radius 3 is 3.07 bits per heavy atom. The standard InChI is InChI=1S/C7H4BrN5OS/c8-5-2-1-4(15-5)7-12-11-6(14-7)3-10-13-9/h1-2H,3H2. The highest BCUT2D eigenvalue weighted by molar-refractivity contribution is 9.11.